The molecule has 2 aromatic heterocycles. The summed E-state index contributed by atoms with van der Waals surface area (Å²) in [4.78, 5) is 14.0. The van der Waals surface area contributed by atoms with E-state index in [1.54, 1.807) is 18.2 Å². The maximum Gasteiger partial charge on any atom is 0.235 e. The van der Waals surface area contributed by atoms with E-state index in [2.05, 4.69) is 28.2 Å². The number of nitriles is 1. The molecule has 1 aromatic carbocycles. The van der Waals surface area contributed by atoms with E-state index in [1.165, 1.54) is 53.0 Å². The minimum atomic E-state index is -0.449. The summed E-state index contributed by atoms with van der Waals surface area (Å²) < 4.78 is 20.9. The van der Waals surface area contributed by atoms with Crippen LogP contribution < -0.4 is 10.1 Å². The second-order valence-corrected chi connectivity index (χ2v) is 10.6. The molecule has 2 heterocycles. The van der Waals surface area contributed by atoms with Gasteiger partial charge < -0.3 is 10.1 Å². The monoisotopic (exact) mass is 525 g/mol. The summed E-state index contributed by atoms with van der Waals surface area (Å²) in [6.07, 6.45) is 7.71. The van der Waals surface area contributed by atoms with E-state index in [-0.39, 0.29) is 17.5 Å². The quantitative estimate of drug-likeness (QED) is 0.269. The van der Waals surface area contributed by atoms with Gasteiger partial charge in [-0.25, -0.2) is 4.39 Å². The van der Waals surface area contributed by atoms with Gasteiger partial charge in [0.15, 0.2) is 17.1 Å². The number of anilines is 1. The number of nitrogens with one attached hydrogen (secondary N) is 1. The standard InChI is InChI=1S/C26H28FN5O2S2/c1-3-14-32-24(17(2)34-19-12-10-18(27)11-13-19)30-31-26(32)35-16-23(33)29-25-21(15-28)20-8-6-4-5-7-9-22(20)36-25/h3,10-13,17H,1,4-9,14,16H2,2H3,(H,29,33). The van der Waals surface area contributed by atoms with Crippen LogP contribution in [-0.2, 0) is 24.2 Å². The number of carbonyl (C=O) groups excluding carboxylic acids is 1. The number of fused-ring (bicyclic) bond motifs is 1. The number of carbonyl (C=O) groups is 1. The van der Waals surface area contributed by atoms with E-state index in [0.29, 0.717) is 33.8 Å². The van der Waals surface area contributed by atoms with Gasteiger partial charge in [0, 0.05) is 11.4 Å². The van der Waals surface area contributed by atoms with E-state index >= 15 is 0 Å². The fourth-order valence-corrected chi connectivity index (χ4v) is 6.21. The number of aryl methyl sites for hydroxylation is 1. The first-order chi connectivity index (χ1) is 17.5. The molecule has 1 aliphatic carbocycles. The summed E-state index contributed by atoms with van der Waals surface area (Å²) >= 11 is 2.79. The molecule has 0 fully saturated rings. The third-order valence-electron chi connectivity index (χ3n) is 5.92. The highest BCUT2D eigenvalue weighted by atomic mass is 32.2. The number of ether oxygens (including phenoxy) is 1. The van der Waals surface area contributed by atoms with E-state index in [9.17, 15) is 14.4 Å². The fraction of sp³-hybridized carbons (Fsp3) is 0.385. The molecule has 10 heteroatoms. The number of rotatable bonds is 9. The number of thiophene rings is 1. The van der Waals surface area contributed by atoms with Crippen LogP contribution in [0.3, 0.4) is 0 Å². The van der Waals surface area contributed by atoms with E-state index in [4.69, 9.17) is 4.74 Å². The Morgan fingerprint density at radius 1 is 1.31 bits per heavy atom. The molecule has 1 N–H and O–H groups in total. The molecule has 7 nitrogen and oxygen atoms in total. The van der Waals surface area contributed by atoms with Crippen LogP contribution >= 0.6 is 23.1 Å². The Labute approximate surface area is 218 Å². The molecule has 0 saturated heterocycles. The largest absolute Gasteiger partial charge is 0.483 e. The molecule has 188 valence electrons. The van der Waals surface area contributed by atoms with Crippen LogP contribution in [0.1, 0.15) is 60.5 Å². The predicted molar refractivity (Wildman–Crippen MR) is 140 cm³/mol. The number of hydrogen-bond donors (Lipinski definition) is 1. The molecule has 0 aliphatic heterocycles. The molecule has 0 saturated carbocycles. The van der Waals surface area contributed by atoms with E-state index in [0.717, 1.165) is 31.2 Å². The second kappa shape index (κ2) is 12.2. The van der Waals surface area contributed by atoms with Gasteiger partial charge in [-0.1, -0.05) is 30.7 Å². The van der Waals surface area contributed by atoms with Gasteiger partial charge in [0.25, 0.3) is 0 Å². The number of allylic oxidation sites excluding steroid dienone is 1. The Balaban J connectivity index is 1.43. The van der Waals surface area contributed by atoms with Gasteiger partial charge in [-0.05, 0) is 62.4 Å². The van der Waals surface area contributed by atoms with Crippen LogP contribution in [0.25, 0.3) is 0 Å². The lowest BCUT2D eigenvalue weighted by atomic mass is 9.97. The highest BCUT2D eigenvalue weighted by molar-refractivity contribution is 7.99. The number of hydrogen-bond acceptors (Lipinski definition) is 7. The molecule has 0 spiro atoms. The van der Waals surface area contributed by atoms with Crippen molar-refractivity contribution in [3.05, 3.63) is 64.6 Å². The lowest BCUT2D eigenvalue weighted by molar-refractivity contribution is -0.113. The van der Waals surface area contributed by atoms with Crippen LogP contribution in [0.4, 0.5) is 9.39 Å². The summed E-state index contributed by atoms with van der Waals surface area (Å²) in [7, 11) is 0. The van der Waals surface area contributed by atoms with Crippen molar-refractivity contribution in [2.24, 2.45) is 0 Å². The Morgan fingerprint density at radius 2 is 2.06 bits per heavy atom. The highest BCUT2D eigenvalue weighted by Gasteiger charge is 2.22. The first kappa shape index (κ1) is 25.9. The van der Waals surface area contributed by atoms with Gasteiger partial charge in [-0.3, -0.25) is 9.36 Å². The van der Waals surface area contributed by atoms with Crippen LogP contribution in [0.15, 0.2) is 42.1 Å². The summed E-state index contributed by atoms with van der Waals surface area (Å²) in [6.45, 7) is 6.09. The molecule has 0 radical (unpaired) electrons. The SMILES string of the molecule is C=CCn1c(SCC(=O)Nc2sc3c(c2C#N)CCCCCC3)nnc1C(C)Oc1ccc(F)cc1. The van der Waals surface area contributed by atoms with Crippen LogP contribution in [0, 0.1) is 17.1 Å². The normalized spacial score (nSPS) is 14.1. The molecule has 1 amide bonds. The average Bonchev–Trinajstić information content (AvgIpc) is 3.39. The minimum Gasteiger partial charge on any atom is -0.483 e. The molecule has 36 heavy (non-hydrogen) atoms. The lowest BCUT2D eigenvalue weighted by Crippen LogP contribution is -2.15. The second-order valence-electron chi connectivity index (χ2n) is 8.52. The van der Waals surface area contributed by atoms with Gasteiger partial charge in [0.2, 0.25) is 5.91 Å². The van der Waals surface area contributed by atoms with Crippen molar-refractivity contribution in [1.82, 2.24) is 14.8 Å². The summed E-state index contributed by atoms with van der Waals surface area (Å²) in [6, 6.07) is 8.10. The van der Waals surface area contributed by atoms with Crippen molar-refractivity contribution >= 4 is 34.0 Å². The Morgan fingerprint density at radius 3 is 2.78 bits per heavy atom. The number of halogens is 1. The summed E-state index contributed by atoms with van der Waals surface area (Å²) in [5.74, 6) is 0.681. The number of nitrogens with zero attached hydrogens (tertiary/aromatic N) is 4. The van der Waals surface area contributed by atoms with E-state index < -0.39 is 6.10 Å². The van der Waals surface area contributed by atoms with Gasteiger partial charge in [0.1, 0.15) is 22.6 Å². The lowest BCUT2D eigenvalue weighted by Gasteiger charge is -2.15. The van der Waals surface area contributed by atoms with Crippen molar-refractivity contribution < 1.29 is 13.9 Å². The molecule has 1 aliphatic rings. The zero-order valence-corrected chi connectivity index (χ0v) is 21.8. The average molecular weight is 526 g/mol. The maximum atomic E-state index is 13.2. The highest BCUT2D eigenvalue weighted by Crippen LogP contribution is 2.36. The number of amides is 1. The fourth-order valence-electron chi connectivity index (χ4n) is 4.20. The Kier molecular flexibility index (Phi) is 8.78. The Hall–Kier alpha value is -3.16. The molecule has 4 rings (SSSR count). The van der Waals surface area contributed by atoms with Gasteiger partial charge in [-0.15, -0.1) is 28.1 Å². The number of thioether (sulfide) groups is 1. The van der Waals surface area contributed by atoms with Gasteiger partial charge in [0.05, 0.1) is 11.3 Å². The molecular weight excluding hydrogens is 497 g/mol. The van der Waals surface area contributed by atoms with Crippen molar-refractivity contribution in [3.8, 4) is 11.8 Å². The molecule has 1 unspecified atom stereocenters. The predicted octanol–water partition coefficient (Wildman–Crippen LogP) is 6.07. The smallest absolute Gasteiger partial charge is 0.235 e. The van der Waals surface area contributed by atoms with Crippen molar-refractivity contribution in [1.29, 1.82) is 5.26 Å². The van der Waals surface area contributed by atoms with Crippen LogP contribution in [0.2, 0.25) is 0 Å². The molecule has 3 aromatic rings. The van der Waals surface area contributed by atoms with Gasteiger partial charge in [-0.2, -0.15) is 5.26 Å². The van der Waals surface area contributed by atoms with Gasteiger partial charge >= 0.3 is 0 Å². The van der Waals surface area contributed by atoms with Crippen molar-refractivity contribution in [3.63, 3.8) is 0 Å². The number of aromatic nitrogens is 3. The van der Waals surface area contributed by atoms with Crippen molar-refractivity contribution in [2.75, 3.05) is 11.1 Å². The molecule has 1 atom stereocenters. The molecular formula is C26H28FN5O2S2. The third kappa shape index (κ3) is 6.15. The van der Waals surface area contributed by atoms with Crippen molar-refractivity contribution in [2.45, 2.75) is 63.3 Å². The first-order valence-electron chi connectivity index (χ1n) is 11.9. The molecule has 0 bridgehead atoms. The van der Waals surface area contributed by atoms with Crippen LogP contribution in [-0.4, -0.2) is 26.4 Å². The summed E-state index contributed by atoms with van der Waals surface area (Å²) in [5.41, 5.74) is 1.72. The topological polar surface area (TPSA) is 92.8 Å². The Bertz CT molecular complexity index is 1260. The zero-order chi connectivity index (χ0) is 25.5. The number of benzene rings is 1. The first-order valence-corrected chi connectivity index (χ1v) is 13.7. The zero-order valence-electron chi connectivity index (χ0n) is 20.1. The third-order valence-corrected chi connectivity index (χ3v) is 8.09. The van der Waals surface area contributed by atoms with Crippen LogP contribution in [0.5, 0.6) is 5.75 Å². The van der Waals surface area contributed by atoms with E-state index in [1.807, 2.05) is 11.5 Å². The minimum absolute atomic E-state index is 0.121. The maximum absolute atomic E-state index is 13.2. The summed E-state index contributed by atoms with van der Waals surface area (Å²) in [5, 5.41) is 22.4.